The van der Waals surface area contributed by atoms with Crippen LogP contribution in [-0.2, 0) is 0 Å². The Labute approximate surface area is 107 Å². The molecule has 98 valence electrons. The second kappa shape index (κ2) is 5.96. The molecule has 4 heteroatoms. The normalized spacial score (nSPS) is 20.2. The van der Waals surface area contributed by atoms with E-state index in [9.17, 15) is 9.18 Å². The number of hydrogen-bond donors (Lipinski definition) is 2. The quantitative estimate of drug-likeness (QED) is 0.843. The Morgan fingerprint density at radius 3 is 3.00 bits per heavy atom. The Morgan fingerprint density at radius 2 is 2.22 bits per heavy atom. The van der Waals surface area contributed by atoms with Crippen molar-refractivity contribution in [1.82, 2.24) is 10.6 Å². The second-order valence-corrected chi connectivity index (χ2v) is 4.82. The summed E-state index contributed by atoms with van der Waals surface area (Å²) >= 11 is 0. The summed E-state index contributed by atoms with van der Waals surface area (Å²) in [6.45, 7) is 3.62. The van der Waals surface area contributed by atoms with E-state index in [0.717, 1.165) is 32.4 Å². The molecule has 0 spiro atoms. The van der Waals surface area contributed by atoms with Gasteiger partial charge in [0.2, 0.25) is 0 Å². The molecule has 2 rings (SSSR count). The number of carbonyl (C=O) groups excluding carboxylic acids is 1. The Kier molecular flexibility index (Phi) is 4.31. The first-order chi connectivity index (χ1) is 8.66. The first-order valence-corrected chi connectivity index (χ1v) is 6.44. The summed E-state index contributed by atoms with van der Waals surface area (Å²) in [5.41, 5.74) is 1.04. The van der Waals surface area contributed by atoms with Crippen molar-refractivity contribution in [2.45, 2.75) is 32.2 Å². The number of hydrogen-bond acceptors (Lipinski definition) is 2. The average Bonchev–Trinajstić information content (AvgIpc) is 2.61. The Bertz CT molecular complexity index is 426. The van der Waals surface area contributed by atoms with E-state index in [1.165, 1.54) is 12.1 Å². The summed E-state index contributed by atoms with van der Waals surface area (Å²) in [7, 11) is 0. The van der Waals surface area contributed by atoms with Crippen molar-refractivity contribution in [2.24, 2.45) is 0 Å². The first-order valence-electron chi connectivity index (χ1n) is 6.44. The molecular weight excluding hydrogens is 231 g/mol. The fourth-order valence-corrected chi connectivity index (χ4v) is 2.22. The van der Waals surface area contributed by atoms with Crippen molar-refractivity contribution in [2.75, 3.05) is 13.1 Å². The van der Waals surface area contributed by atoms with Crippen molar-refractivity contribution < 1.29 is 9.18 Å². The number of aryl methyl sites for hydroxylation is 1. The summed E-state index contributed by atoms with van der Waals surface area (Å²) in [5, 5.41) is 6.33. The number of rotatable bonds is 2. The van der Waals surface area contributed by atoms with Gasteiger partial charge in [-0.1, -0.05) is 0 Å². The van der Waals surface area contributed by atoms with Crippen LogP contribution >= 0.6 is 0 Å². The molecule has 0 aromatic heterocycles. The van der Waals surface area contributed by atoms with E-state index in [1.807, 2.05) is 0 Å². The monoisotopic (exact) mass is 250 g/mol. The molecule has 1 aliphatic rings. The molecule has 3 nitrogen and oxygen atoms in total. The Morgan fingerprint density at radius 1 is 1.39 bits per heavy atom. The van der Waals surface area contributed by atoms with Crippen LogP contribution in [0, 0.1) is 12.7 Å². The predicted octanol–water partition coefficient (Wildman–Crippen LogP) is 2.01. The summed E-state index contributed by atoms with van der Waals surface area (Å²) in [5.74, 6) is -0.379. The van der Waals surface area contributed by atoms with Crippen molar-refractivity contribution in [3.63, 3.8) is 0 Å². The highest BCUT2D eigenvalue weighted by molar-refractivity contribution is 5.94. The highest BCUT2D eigenvalue weighted by atomic mass is 19.1. The standard InChI is InChI=1S/C14H19FN2O/c1-10-9-11(4-5-13(10)15)14(18)17-12-3-2-7-16-8-6-12/h4-5,9,12,16H,2-3,6-8H2,1H3,(H,17,18). The van der Waals surface area contributed by atoms with E-state index >= 15 is 0 Å². The van der Waals surface area contributed by atoms with Crippen LogP contribution in [0.2, 0.25) is 0 Å². The van der Waals surface area contributed by atoms with Crippen LogP contribution in [-0.4, -0.2) is 25.0 Å². The molecule has 2 N–H and O–H groups in total. The molecule has 1 amide bonds. The number of halogens is 1. The van der Waals surface area contributed by atoms with Gasteiger partial charge in [-0.15, -0.1) is 0 Å². The number of amides is 1. The maximum absolute atomic E-state index is 13.1. The molecule has 1 saturated heterocycles. The van der Waals surface area contributed by atoms with Gasteiger partial charge in [-0.05, 0) is 63.0 Å². The van der Waals surface area contributed by atoms with E-state index in [4.69, 9.17) is 0 Å². The topological polar surface area (TPSA) is 41.1 Å². The van der Waals surface area contributed by atoms with Crippen LogP contribution in [0.3, 0.4) is 0 Å². The lowest BCUT2D eigenvalue weighted by molar-refractivity contribution is 0.0934. The minimum Gasteiger partial charge on any atom is -0.349 e. The molecule has 1 heterocycles. The summed E-state index contributed by atoms with van der Waals surface area (Å²) in [6, 6.07) is 4.70. The molecule has 1 atom stereocenters. The van der Waals surface area contributed by atoms with Gasteiger partial charge in [0.15, 0.2) is 0 Å². The summed E-state index contributed by atoms with van der Waals surface area (Å²) < 4.78 is 13.1. The van der Waals surface area contributed by atoms with Gasteiger partial charge >= 0.3 is 0 Å². The van der Waals surface area contributed by atoms with Crippen molar-refractivity contribution in [3.8, 4) is 0 Å². The molecule has 18 heavy (non-hydrogen) atoms. The van der Waals surface area contributed by atoms with Crippen LogP contribution < -0.4 is 10.6 Å². The maximum atomic E-state index is 13.1. The zero-order valence-corrected chi connectivity index (χ0v) is 10.6. The van der Waals surface area contributed by atoms with Crippen molar-refractivity contribution >= 4 is 5.91 Å². The molecule has 0 bridgehead atoms. The molecule has 0 radical (unpaired) electrons. The zero-order valence-electron chi connectivity index (χ0n) is 10.6. The fourth-order valence-electron chi connectivity index (χ4n) is 2.22. The minimum atomic E-state index is -0.273. The van der Waals surface area contributed by atoms with Gasteiger partial charge in [0.1, 0.15) is 5.82 Å². The number of carbonyl (C=O) groups is 1. The molecule has 1 aromatic rings. The molecule has 1 aromatic carbocycles. The summed E-state index contributed by atoms with van der Waals surface area (Å²) in [4.78, 5) is 12.0. The maximum Gasteiger partial charge on any atom is 0.251 e. The third-order valence-electron chi connectivity index (χ3n) is 3.33. The summed E-state index contributed by atoms with van der Waals surface area (Å²) in [6.07, 6.45) is 3.03. The zero-order chi connectivity index (χ0) is 13.0. The predicted molar refractivity (Wildman–Crippen MR) is 69.1 cm³/mol. The molecule has 1 aliphatic heterocycles. The third-order valence-corrected chi connectivity index (χ3v) is 3.33. The molecular formula is C14H19FN2O. The number of nitrogens with one attached hydrogen (secondary N) is 2. The van der Waals surface area contributed by atoms with Gasteiger partial charge in [0.25, 0.3) is 5.91 Å². The van der Waals surface area contributed by atoms with Crippen LogP contribution in [0.1, 0.15) is 35.2 Å². The van der Waals surface area contributed by atoms with Crippen molar-refractivity contribution in [3.05, 3.63) is 35.1 Å². The molecule has 0 aliphatic carbocycles. The average molecular weight is 250 g/mol. The second-order valence-electron chi connectivity index (χ2n) is 4.82. The van der Waals surface area contributed by atoms with Gasteiger partial charge < -0.3 is 10.6 Å². The lowest BCUT2D eigenvalue weighted by Gasteiger charge is -2.16. The molecule has 0 saturated carbocycles. The number of benzene rings is 1. The van der Waals surface area contributed by atoms with E-state index in [0.29, 0.717) is 11.1 Å². The van der Waals surface area contributed by atoms with E-state index in [1.54, 1.807) is 13.0 Å². The highest BCUT2D eigenvalue weighted by Crippen LogP contribution is 2.11. The lowest BCUT2D eigenvalue weighted by Crippen LogP contribution is -2.35. The highest BCUT2D eigenvalue weighted by Gasteiger charge is 2.15. The van der Waals surface area contributed by atoms with Gasteiger partial charge in [-0.3, -0.25) is 4.79 Å². The third kappa shape index (κ3) is 3.29. The molecule has 1 unspecified atom stereocenters. The molecule has 1 fully saturated rings. The SMILES string of the molecule is Cc1cc(C(=O)NC2CCCNCC2)ccc1F. The van der Waals surface area contributed by atoms with Gasteiger partial charge in [0, 0.05) is 11.6 Å². The van der Waals surface area contributed by atoms with E-state index < -0.39 is 0 Å². The van der Waals surface area contributed by atoms with Crippen LogP contribution in [0.15, 0.2) is 18.2 Å². The smallest absolute Gasteiger partial charge is 0.251 e. The first kappa shape index (κ1) is 13.0. The lowest BCUT2D eigenvalue weighted by atomic mass is 10.1. The Hall–Kier alpha value is -1.42. The van der Waals surface area contributed by atoms with Gasteiger partial charge in [0.05, 0.1) is 0 Å². The van der Waals surface area contributed by atoms with Crippen molar-refractivity contribution in [1.29, 1.82) is 0 Å². The largest absolute Gasteiger partial charge is 0.349 e. The van der Waals surface area contributed by atoms with E-state index in [-0.39, 0.29) is 17.8 Å². The van der Waals surface area contributed by atoms with Crippen LogP contribution in [0.25, 0.3) is 0 Å². The minimum absolute atomic E-state index is 0.106. The van der Waals surface area contributed by atoms with Crippen LogP contribution in [0.4, 0.5) is 4.39 Å². The van der Waals surface area contributed by atoms with E-state index in [2.05, 4.69) is 10.6 Å². The Balaban J connectivity index is 1.99. The van der Waals surface area contributed by atoms with Crippen LogP contribution in [0.5, 0.6) is 0 Å². The van der Waals surface area contributed by atoms with Gasteiger partial charge in [-0.25, -0.2) is 4.39 Å². The van der Waals surface area contributed by atoms with Gasteiger partial charge in [-0.2, -0.15) is 0 Å². The fraction of sp³-hybridized carbons (Fsp3) is 0.500.